The maximum absolute atomic E-state index is 6.19. The molecule has 0 saturated carbocycles. The molecule has 0 nitrogen and oxygen atoms in total. The van der Waals surface area contributed by atoms with Crippen LogP contribution in [0.2, 0.25) is 78.6 Å². The Labute approximate surface area is 167 Å². The minimum absolute atomic E-state index is 1.18. The van der Waals surface area contributed by atoms with Crippen molar-refractivity contribution in [3.8, 4) is 24.7 Å². The lowest BCUT2D eigenvalue weighted by Crippen LogP contribution is -2.71. The number of terminal acetylenes is 2. The Morgan fingerprint density at radius 2 is 0.654 bits per heavy atom. The normalized spacial score (nSPS) is 13.3. The van der Waals surface area contributed by atoms with Crippen LogP contribution in [0.1, 0.15) is 11.1 Å². The summed E-state index contributed by atoms with van der Waals surface area (Å²) < 4.78 is 0. The minimum Gasteiger partial charge on any atom is -0.115 e. The number of hydrogen-bond acceptors (Lipinski definition) is 0. The molecule has 0 aliphatic carbocycles. The maximum atomic E-state index is 6.19. The molecule has 0 heterocycles. The molecule has 0 N–H and O–H groups in total. The fourth-order valence-electron chi connectivity index (χ4n) is 4.04. The molecule has 0 saturated heterocycles. The highest BCUT2D eigenvalue weighted by atomic mass is 28.3. The van der Waals surface area contributed by atoms with Crippen LogP contribution in [0, 0.1) is 24.7 Å². The van der Waals surface area contributed by atoms with Gasteiger partial charge in [0.05, 0.1) is 32.3 Å². The Morgan fingerprint density at radius 3 is 0.808 bits per heavy atom. The molecule has 1 rings (SSSR count). The largest absolute Gasteiger partial charge is 0.115 e. The van der Waals surface area contributed by atoms with Gasteiger partial charge in [0.2, 0.25) is 0 Å². The van der Waals surface area contributed by atoms with Crippen molar-refractivity contribution >= 4 is 53.0 Å². The fraction of sp³-hybridized carbons (Fsp3) is 0.545. The molecule has 0 aromatic heterocycles. The molecule has 0 atom stereocenters. The van der Waals surface area contributed by atoms with Crippen LogP contribution in [-0.2, 0) is 0 Å². The summed E-state index contributed by atoms with van der Waals surface area (Å²) in [6, 6.07) is 0. The summed E-state index contributed by atoms with van der Waals surface area (Å²) in [6.07, 6.45) is 12.4. The van der Waals surface area contributed by atoms with Gasteiger partial charge in [-0.15, -0.1) is 12.8 Å². The molecule has 26 heavy (non-hydrogen) atoms. The van der Waals surface area contributed by atoms with E-state index in [1.165, 1.54) is 16.3 Å². The van der Waals surface area contributed by atoms with Gasteiger partial charge in [-0.25, -0.2) is 0 Å². The van der Waals surface area contributed by atoms with Crippen molar-refractivity contribution in [2.24, 2.45) is 0 Å². The zero-order chi connectivity index (χ0) is 20.9. The Balaban J connectivity index is 4.58. The number of hydrogen-bond donors (Lipinski definition) is 0. The van der Waals surface area contributed by atoms with Gasteiger partial charge in [-0.1, -0.05) is 95.6 Å². The molecule has 1 aromatic carbocycles. The summed E-state index contributed by atoms with van der Waals surface area (Å²) in [5, 5.41) is 6.08. The predicted molar refractivity (Wildman–Crippen MR) is 134 cm³/mol. The van der Waals surface area contributed by atoms with E-state index in [2.05, 4.69) is 90.4 Å². The van der Waals surface area contributed by atoms with Crippen molar-refractivity contribution in [1.82, 2.24) is 0 Å². The Kier molecular flexibility index (Phi) is 6.24. The first-order valence-electron chi connectivity index (χ1n) is 9.58. The molecule has 0 aliphatic rings. The average molecular weight is 415 g/mol. The number of benzene rings is 1. The molecule has 1 aromatic rings. The standard InChI is InChI=1S/C22H38Si4/c1-15-17-19(23(3,4)5)18(16-2)21(25(9,10)11)22(26(12,13)14)20(17)24(6,7)8/h1-2H,3-14H3. The van der Waals surface area contributed by atoms with Gasteiger partial charge in [-0.05, 0) is 15.6 Å². The van der Waals surface area contributed by atoms with E-state index in [1.54, 1.807) is 15.6 Å². The van der Waals surface area contributed by atoms with Crippen molar-refractivity contribution in [2.45, 2.75) is 78.6 Å². The summed E-state index contributed by atoms with van der Waals surface area (Å²) in [4.78, 5) is 0. The topological polar surface area (TPSA) is 0 Å². The van der Waals surface area contributed by atoms with Crippen molar-refractivity contribution < 1.29 is 0 Å². The van der Waals surface area contributed by atoms with E-state index in [0.717, 1.165) is 0 Å². The monoisotopic (exact) mass is 414 g/mol. The molecule has 0 radical (unpaired) electrons. The highest BCUT2D eigenvalue weighted by Gasteiger charge is 2.40. The second kappa shape index (κ2) is 6.98. The van der Waals surface area contributed by atoms with E-state index in [-0.39, 0.29) is 0 Å². The molecular formula is C22H38Si4. The SMILES string of the molecule is C#Cc1c([Si](C)(C)C)c(C#C)c([Si](C)(C)C)c([Si](C)(C)C)c1[Si](C)(C)C. The summed E-state index contributed by atoms with van der Waals surface area (Å²) >= 11 is 0. The molecule has 0 aliphatic heterocycles. The second-order valence-electron chi connectivity index (χ2n) is 11.5. The Hall–Kier alpha value is -0.792. The van der Waals surface area contributed by atoms with Crippen molar-refractivity contribution in [3.63, 3.8) is 0 Å². The van der Waals surface area contributed by atoms with Crippen LogP contribution >= 0.6 is 0 Å². The maximum Gasteiger partial charge on any atom is 0.0808 e. The molecule has 0 amide bonds. The third kappa shape index (κ3) is 4.36. The summed E-state index contributed by atoms with van der Waals surface area (Å²) in [6.45, 7) is 29.2. The van der Waals surface area contributed by atoms with Crippen molar-refractivity contribution in [2.75, 3.05) is 0 Å². The molecule has 0 bridgehead atoms. The lowest BCUT2D eigenvalue weighted by molar-refractivity contribution is 1.60. The first-order chi connectivity index (χ1) is 11.4. The van der Waals surface area contributed by atoms with Gasteiger partial charge >= 0.3 is 0 Å². The zero-order valence-electron chi connectivity index (χ0n) is 19.2. The van der Waals surface area contributed by atoms with Crippen molar-refractivity contribution in [1.29, 1.82) is 0 Å². The smallest absolute Gasteiger partial charge is 0.0808 e. The van der Waals surface area contributed by atoms with Gasteiger partial charge in [0, 0.05) is 11.1 Å². The van der Waals surface area contributed by atoms with Gasteiger partial charge in [0.15, 0.2) is 0 Å². The van der Waals surface area contributed by atoms with E-state index in [1.807, 2.05) is 0 Å². The van der Waals surface area contributed by atoms with Gasteiger partial charge in [0.25, 0.3) is 0 Å². The van der Waals surface area contributed by atoms with E-state index in [0.29, 0.717) is 0 Å². The zero-order valence-corrected chi connectivity index (χ0v) is 23.2. The van der Waals surface area contributed by atoms with Crippen LogP contribution in [0.15, 0.2) is 0 Å². The molecule has 142 valence electrons. The quantitative estimate of drug-likeness (QED) is 0.519. The van der Waals surface area contributed by atoms with Gasteiger partial charge in [-0.2, -0.15) is 0 Å². The summed E-state index contributed by atoms with van der Waals surface area (Å²) in [5.74, 6) is 6.31. The van der Waals surface area contributed by atoms with Crippen LogP contribution in [0.5, 0.6) is 0 Å². The third-order valence-electron chi connectivity index (χ3n) is 4.79. The predicted octanol–water partition coefficient (Wildman–Crippen LogP) is 3.83. The molecule has 0 fully saturated rings. The minimum atomic E-state index is -1.69. The fourth-order valence-corrected chi connectivity index (χ4v) is 16.2. The lowest BCUT2D eigenvalue weighted by Gasteiger charge is -2.39. The van der Waals surface area contributed by atoms with Gasteiger partial charge in [-0.3, -0.25) is 0 Å². The van der Waals surface area contributed by atoms with Crippen LogP contribution in [0.25, 0.3) is 0 Å². The molecule has 4 heteroatoms. The first kappa shape index (κ1) is 23.2. The van der Waals surface area contributed by atoms with E-state index >= 15 is 0 Å². The summed E-state index contributed by atoms with van der Waals surface area (Å²) in [7, 11) is -6.60. The lowest BCUT2D eigenvalue weighted by atomic mass is 10.1. The molecule has 0 unspecified atom stereocenters. The van der Waals surface area contributed by atoms with Crippen LogP contribution < -0.4 is 20.7 Å². The van der Waals surface area contributed by atoms with Crippen LogP contribution in [0.4, 0.5) is 0 Å². The first-order valence-corrected chi connectivity index (χ1v) is 23.6. The second-order valence-corrected chi connectivity index (χ2v) is 31.5. The highest BCUT2D eigenvalue weighted by molar-refractivity contribution is 7.05. The number of rotatable bonds is 4. The van der Waals surface area contributed by atoms with Crippen LogP contribution in [0.3, 0.4) is 0 Å². The van der Waals surface area contributed by atoms with E-state index < -0.39 is 32.3 Å². The van der Waals surface area contributed by atoms with Gasteiger partial charge < -0.3 is 0 Å². The van der Waals surface area contributed by atoms with E-state index in [9.17, 15) is 0 Å². The van der Waals surface area contributed by atoms with Crippen molar-refractivity contribution in [3.05, 3.63) is 11.1 Å². The van der Waals surface area contributed by atoms with Crippen LogP contribution in [-0.4, -0.2) is 32.3 Å². The Bertz CT molecular complexity index is 737. The Morgan fingerprint density at radius 1 is 0.423 bits per heavy atom. The molecular weight excluding hydrogens is 377 g/mol. The molecule has 0 spiro atoms. The third-order valence-corrected chi connectivity index (χ3v) is 13.3. The summed E-state index contributed by atoms with van der Waals surface area (Å²) in [5.41, 5.74) is 2.35. The van der Waals surface area contributed by atoms with Gasteiger partial charge in [0.1, 0.15) is 0 Å². The highest BCUT2D eigenvalue weighted by Crippen LogP contribution is 2.18. The average Bonchev–Trinajstić information content (AvgIpc) is 2.39. The van der Waals surface area contributed by atoms with E-state index in [4.69, 9.17) is 12.8 Å².